The Hall–Kier alpha value is -5.64. The van der Waals surface area contributed by atoms with Gasteiger partial charge >= 0.3 is 11.9 Å². The summed E-state index contributed by atoms with van der Waals surface area (Å²) in [5, 5.41) is 24.8. The summed E-state index contributed by atoms with van der Waals surface area (Å²) < 4.78 is 10.3. The smallest absolute Gasteiger partial charge is 0.337 e. The van der Waals surface area contributed by atoms with Crippen molar-refractivity contribution in [2.24, 2.45) is 0 Å². The number of hydrogen-bond donors (Lipinski definition) is 4. The van der Waals surface area contributed by atoms with E-state index >= 15 is 0 Å². The van der Waals surface area contributed by atoms with Crippen LogP contribution >= 0.6 is 0 Å². The summed E-state index contributed by atoms with van der Waals surface area (Å²) in [7, 11) is 2.95. The van der Waals surface area contributed by atoms with E-state index in [0.717, 1.165) is 0 Å². The van der Waals surface area contributed by atoms with Crippen LogP contribution in [0.15, 0.2) is 84.9 Å². The highest BCUT2D eigenvalue weighted by molar-refractivity contribution is 6.09. The molecule has 2 amide bonds. The molecule has 0 radical (unpaired) electrons. The van der Waals surface area contributed by atoms with Gasteiger partial charge in [-0.15, -0.1) is 0 Å². The second kappa shape index (κ2) is 12.5. The molecule has 0 saturated carbocycles. The zero-order chi connectivity index (χ0) is 29.5. The molecule has 10 heteroatoms. The largest absolute Gasteiger partial charge is 0.497 e. The van der Waals surface area contributed by atoms with Crippen LogP contribution < -0.4 is 20.1 Å². The Kier molecular flexibility index (Phi) is 8.63. The first-order valence-corrected chi connectivity index (χ1v) is 12.3. The summed E-state index contributed by atoms with van der Waals surface area (Å²) in [6, 6.07) is 22.0. The van der Waals surface area contributed by atoms with Gasteiger partial charge in [0, 0.05) is 11.1 Å². The lowest BCUT2D eigenvalue weighted by Gasteiger charge is -2.13. The van der Waals surface area contributed by atoms with Crippen molar-refractivity contribution < 1.29 is 38.9 Å². The molecule has 0 aliphatic heterocycles. The number of carboxylic acids is 2. The number of amides is 2. The van der Waals surface area contributed by atoms with Gasteiger partial charge in [-0.25, -0.2) is 9.59 Å². The highest BCUT2D eigenvalue weighted by atomic mass is 16.5. The maximum absolute atomic E-state index is 12.7. The quantitative estimate of drug-likeness (QED) is 0.209. The van der Waals surface area contributed by atoms with E-state index in [2.05, 4.69) is 10.6 Å². The number of carbonyl (C=O) groups is 4. The van der Waals surface area contributed by atoms with Gasteiger partial charge in [-0.2, -0.15) is 0 Å². The summed E-state index contributed by atoms with van der Waals surface area (Å²) in [4.78, 5) is 49.4. The van der Waals surface area contributed by atoms with Crippen molar-refractivity contribution in [3.05, 3.63) is 118 Å². The highest BCUT2D eigenvalue weighted by Crippen LogP contribution is 2.25. The number of ether oxygens (including phenoxy) is 2. The third-order valence-corrected chi connectivity index (χ3v) is 6.20. The number of nitrogens with one attached hydrogen (secondary N) is 2. The first kappa shape index (κ1) is 28.4. The first-order valence-electron chi connectivity index (χ1n) is 12.3. The van der Waals surface area contributed by atoms with Crippen LogP contribution in [0.1, 0.15) is 52.6 Å². The maximum atomic E-state index is 12.7. The van der Waals surface area contributed by atoms with Crippen LogP contribution in [0.25, 0.3) is 0 Å². The molecule has 0 unspecified atom stereocenters. The van der Waals surface area contributed by atoms with E-state index in [9.17, 15) is 29.4 Å². The molecule has 4 N–H and O–H groups in total. The molecule has 0 bridgehead atoms. The van der Waals surface area contributed by atoms with Gasteiger partial charge in [0.1, 0.15) is 11.5 Å². The number of anilines is 2. The fourth-order valence-corrected chi connectivity index (χ4v) is 4.13. The second-order valence-electron chi connectivity index (χ2n) is 8.92. The number of methoxy groups -OCH3 is 2. The molecule has 0 atom stereocenters. The Morgan fingerprint density at radius 1 is 0.610 bits per heavy atom. The highest BCUT2D eigenvalue weighted by Gasteiger charge is 2.18. The van der Waals surface area contributed by atoms with Crippen LogP contribution in [0.4, 0.5) is 11.4 Å². The number of carbonyl (C=O) groups excluding carboxylic acids is 2. The van der Waals surface area contributed by atoms with Gasteiger partial charge in [-0.3, -0.25) is 9.59 Å². The average molecular weight is 555 g/mol. The van der Waals surface area contributed by atoms with Crippen molar-refractivity contribution in [1.29, 1.82) is 0 Å². The Labute approximate surface area is 235 Å². The molecule has 4 rings (SSSR count). The van der Waals surface area contributed by atoms with Crippen LogP contribution in [-0.2, 0) is 6.42 Å². The summed E-state index contributed by atoms with van der Waals surface area (Å²) in [5.74, 6) is -2.52. The average Bonchev–Trinajstić information content (AvgIpc) is 2.98. The van der Waals surface area contributed by atoms with Crippen molar-refractivity contribution in [2.75, 3.05) is 24.9 Å². The summed E-state index contributed by atoms with van der Waals surface area (Å²) in [6.45, 7) is 0. The standard InChI is InChI=1S/C31H26N2O8/c1-40-22-7-3-5-20(16-22)28(34)32-26-11-9-18(14-24(26)30(36)37)13-19-10-12-27(25(15-19)31(38)39)33-29(35)21-6-4-8-23(17-21)41-2/h3-12,14-17H,13H2,1-2H3,(H,32,34)(H,33,35)(H,36,37)(H,38,39). The van der Waals surface area contributed by atoms with Gasteiger partial charge in [0.2, 0.25) is 0 Å². The zero-order valence-corrected chi connectivity index (χ0v) is 22.1. The number of benzene rings is 4. The fourth-order valence-electron chi connectivity index (χ4n) is 4.13. The minimum atomic E-state index is -1.24. The van der Waals surface area contributed by atoms with E-state index in [1.54, 1.807) is 48.5 Å². The summed E-state index contributed by atoms with van der Waals surface area (Å²) in [6.07, 6.45) is 0.203. The van der Waals surface area contributed by atoms with Crippen LogP contribution in [0.2, 0.25) is 0 Å². The minimum absolute atomic E-state index is 0.107. The number of hydrogen-bond acceptors (Lipinski definition) is 6. The van der Waals surface area contributed by atoms with E-state index in [0.29, 0.717) is 33.8 Å². The lowest BCUT2D eigenvalue weighted by Crippen LogP contribution is -2.15. The lowest BCUT2D eigenvalue weighted by atomic mass is 9.99. The first-order chi connectivity index (χ1) is 19.7. The SMILES string of the molecule is COc1cccc(C(=O)Nc2ccc(Cc3ccc(NC(=O)c4cccc(OC)c4)c(C(=O)O)c3)cc2C(=O)O)c1. The summed E-state index contributed by atoms with van der Waals surface area (Å²) >= 11 is 0. The molecule has 0 aromatic heterocycles. The molecule has 208 valence electrons. The molecule has 0 heterocycles. The predicted molar refractivity (Wildman–Crippen MR) is 152 cm³/mol. The minimum Gasteiger partial charge on any atom is -0.497 e. The molecule has 0 saturated heterocycles. The molecule has 4 aromatic rings. The Morgan fingerprint density at radius 3 is 1.39 bits per heavy atom. The number of carboxylic acid groups (broad SMARTS) is 2. The Morgan fingerprint density at radius 2 is 1.02 bits per heavy atom. The van der Waals surface area contributed by atoms with Gasteiger partial charge in [0.15, 0.2) is 0 Å². The van der Waals surface area contributed by atoms with Crippen LogP contribution in [0, 0.1) is 0 Å². The molecule has 10 nitrogen and oxygen atoms in total. The molecule has 4 aromatic carbocycles. The second-order valence-corrected chi connectivity index (χ2v) is 8.92. The van der Waals surface area contributed by atoms with Crippen LogP contribution in [-0.4, -0.2) is 48.2 Å². The molecule has 41 heavy (non-hydrogen) atoms. The van der Waals surface area contributed by atoms with Gasteiger partial charge in [0.05, 0.1) is 36.7 Å². The summed E-state index contributed by atoms with van der Waals surface area (Å²) in [5.41, 5.74) is 1.71. The van der Waals surface area contributed by atoms with E-state index in [1.807, 2.05) is 0 Å². The van der Waals surface area contributed by atoms with Crippen molar-refractivity contribution in [2.45, 2.75) is 6.42 Å². The maximum Gasteiger partial charge on any atom is 0.337 e. The van der Waals surface area contributed by atoms with E-state index in [-0.39, 0.29) is 28.9 Å². The molecular formula is C31H26N2O8. The van der Waals surface area contributed by atoms with Crippen molar-refractivity contribution >= 4 is 35.1 Å². The van der Waals surface area contributed by atoms with Gasteiger partial charge in [-0.1, -0.05) is 24.3 Å². The molecular weight excluding hydrogens is 528 g/mol. The topological polar surface area (TPSA) is 151 Å². The number of aromatic carboxylic acids is 2. The van der Waals surface area contributed by atoms with E-state index in [4.69, 9.17) is 9.47 Å². The third kappa shape index (κ3) is 6.87. The Balaban J connectivity index is 1.54. The lowest BCUT2D eigenvalue weighted by molar-refractivity contribution is 0.0687. The zero-order valence-electron chi connectivity index (χ0n) is 22.1. The van der Waals surface area contributed by atoms with E-state index in [1.165, 1.54) is 50.6 Å². The van der Waals surface area contributed by atoms with Gasteiger partial charge < -0.3 is 30.3 Å². The predicted octanol–water partition coefficient (Wildman–Crippen LogP) is 5.20. The monoisotopic (exact) mass is 554 g/mol. The number of rotatable bonds is 10. The van der Waals surface area contributed by atoms with Crippen LogP contribution in [0.5, 0.6) is 11.5 Å². The third-order valence-electron chi connectivity index (χ3n) is 6.20. The van der Waals surface area contributed by atoms with Gasteiger partial charge in [-0.05, 0) is 78.2 Å². The molecule has 0 spiro atoms. The fraction of sp³-hybridized carbons (Fsp3) is 0.0968. The molecule has 0 aliphatic rings. The van der Waals surface area contributed by atoms with Crippen molar-refractivity contribution in [1.82, 2.24) is 0 Å². The molecule has 0 aliphatic carbocycles. The van der Waals surface area contributed by atoms with Crippen LogP contribution in [0.3, 0.4) is 0 Å². The Bertz CT molecular complexity index is 1530. The van der Waals surface area contributed by atoms with E-state index < -0.39 is 23.8 Å². The normalized spacial score (nSPS) is 10.4. The van der Waals surface area contributed by atoms with Crippen molar-refractivity contribution in [3.8, 4) is 11.5 Å². The van der Waals surface area contributed by atoms with Crippen molar-refractivity contribution in [3.63, 3.8) is 0 Å². The molecule has 0 fully saturated rings. The van der Waals surface area contributed by atoms with Gasteiger partial charge in [0.25, 0.3) is 11.8 Å².